The molecule has 0 bridgehead atoms. The van der Waals surface area contributed by atoms with Gasteiger partial charge in [-0.1, -0.05) is 6.07 Å². The largest absolute Gasteiger partial charge is 0.454 e. The quantitative estimate of drug-likeness (QED) is 0.911. The molecule has 1 N–H and O–H groups in total. The number of benzene rings is 1. The van der Waals surface area contributed by atoms with Gasteiger partial charge in [0.2, 0.25) is 12.7 Å². The number of rotatable bonds is 5. The molecule has 1 aliphatic heterocycles. The van der Waals surface area contributed by atoms with Crippen molar-refractivity contribution in [3.8, 4) is 11.5 Å². The predicted molar refractivity (Wildman–Crippen MR) is 81.0 cm³/mol. The molecule has 6 heteroatoms. The molecular formula is C16H19N3O3. The molecule has 2 heterocycles. The van der Waals surface area contributed by atoms with Crippen LogP contribution in [-0.2, 0) is 17.8 Å². The first kappa shape index (κ1) is 14.4. The fourth-order valence-electron chi connectivity index (χ4n) is 2.47. The normalized spacial score (nSPS) is 12.5. The molecule has 1 aromatic heterocycles. The molecular weight excluding hydrogens is 282 g/mol. The van der Waals surface area contributed by atoms with E-state index in [0.717, 1.165) is 34.9 Å². The third-order valence-corrected chi connectivity index (χ3v) is 3.57. The van der Waals surface area contributed by atoms with Crippen LogP contribution in [0.4, 0.5) is 0 Å². The Morgan fingerprint density at radius 2 is 2.09 bits per heavy atom. The summed E-state index contributed by atoms with van der Waals surface area (Å²) in [5.41, 5.74) is 3.02. The number of carbonyl (C=O) groups excluding carboxylic acids is 1. The van der Waals surface area contributed by atoms with Gasteiger partial charge in [0.15, 0.2) is 11.5 Å². The van der Waals surface area contributed by atoms with E-state index in [0.29, 0.717) is 6.54 Å². The third-order valence-electron chi connectivity index (χ3n) is 3.57. The third kappa shape index (κ3) is 3.21. The summed E-state index contributed by atoms with van der Waals surface area (Å²) in [6.07, 6.45) is 0.750. The van der Waals surface area contributed by atoms with Gasteiger partial charge in [-0.15, -0.1) is 0 Å². The first-order valence-corrected chi connectivity index (χ1v) is 7.28. The summed E-state index contributed by atoms with van der Waals surface area (Å²) >= 11 is 0. The van der Waals surface area contributed by atoms with Crippen molar-refractivity contribution in [3.05, 3.63) is 41.2 Å². The first-order valence-electron chi connectivity index (χ1n) is 7.28. The van der Waals surface area contributed by atoms with Crippen LogP contribution in [0.15, 0.2) is 24.3 Å². The zero-order valence-electron chi connectivity index (χ0n) is 12.8. The van der Waals surface area contributed by atoms with E-state index in [4.69, 9.17) is 9.47 Å². The number of hydrogen-bond donors (Lipinski definition) is 1. The van der Waals surface area contributed by atoms with E-state index in [1.807, 2.05) is 38.1 Å². The van der Waals surface area contributed by atoms with E-state index in [2.05, 4.69) is 10.4 Å². The number of carbonyl (C=O) groups is 1. The maximum Gasteiger partial charge on any atom is 0.241 e. The van der Waals surface area contributed by atoms with E-state index < -0.39 is 0 Å². The second kappa shape index (κ2) is 6.09. The molecule has 0 saturated heterocycles. The van der Waals surface area contributed by atoms with Crippen molar-refractivity contribution in [3.63, 3.8) is 0 Å². The van der Waals surface area contributed by atoms with Crippen LogP contribution in [-0.4, -0.2) is 29.0 Å². The van der Waals surface area contributed by atoms with E-state index in [1.54, 1.807) is 4.68 Å². The number of aromatic nitrogens is 2. The van der Waals surface area contributed by atoms with Crippen LogP contribution in [0.5, 0.6) is 11.5 Å². The van der Waals surface area contributed by atoms with Crippen LogP contribution in [0.3, 0.4) is 0 Å². The lowest BCUT2D eigenvalue weighted by molar-refractivity contribution is -0.121. The lowest BCUT2D eigenvalue weighted by Crippen LogP contribution is -2.30. The van der Waals surface area contributed by atoms with Crippen molar-refractivity contribution >= 4 is 5.91 Å². The van der Waals surface area contributed by atoms with Gasteiger partial charge in [0, 0.05) is 12.2 Å². The summed E-state index contributed by atoms with van der Waals surface area (Å²) < 4.78 is 12.3. The fourth-order valence-corrected chi connectivity index (χ4v) is 2.47. The van der Waals surface area contributed by atoms with Crippen LogP contribution in [0.2, 0.25) is 0 Å². The van der Waals surface area contributed by atoms with Gasteiger partial charge in [-0.25, -0.2) is 0 Å². The minimum Gasteiger partial charge on any atom is -0.454 e. The van der Waals surface area contributed by atoms with E-state index >= 15 is 0 Å². The summed E-state index contributed by atoms with van der Waals surface area (Å²) in [6.45, 7) is 4.97. The summed E-state index contributed by atoms with van der Waals surface area (Å²) in [7, 11) is 0. The highest BCUT2D eigenvalue weighted by molar-refractivity contribution is 5.75. The average molecular weight is 301 g/mol. The van der Waals surface area contributed by atoms with Crippen molar-refractivity contribution in [2.24, 2.45) is 0 Å². The maximum atomic E-state index is 11.9. The minimum atomic E-state index is -0.0352. The zero-order valence-corrected chi connectivity index (χ0v) is 12.8. The lowest BCUT2D eigenvalue weighted by Gasteiger charge is -2.07. The number of fused-ring (bicyclic) bond motifs is 1. The molecule has 2 aromatic rings. The van der Waals surface area contributed by atoms with Crippen molar-refractivity contribution < 1.29 is 14.3 Å². The molecule has 1 amide bonds. The Morgan fingerprint density at radius 3 is 2.86 bits per heavy atom. The number of amides is 1. The van der Waals surface area contributed by atoms with E-state index in [9.17, 15) is 4.79 Å². The van der Waals surface area contributed by atoms with Crippen LogP contribution in [0.25, 0.3) is 0 Å². The van der Waals surface area contributed by atoms with Crippen LogP contribution >= 0.6 is 0 Å². The monoisotopic (exact) mass is 301 g/mol. The van der Waals surface area contributed by atoms with Gasteiger partial charge < -0.3 is 14.8 Å². The Kier molecular flexibility index (Phi) is 4.00. The van der Waals surface area contributed by atoms with Gasteiger partial charge in [-0.2, -0.15) is 5.10 Å². The summed E-state index contributed by atoms with van der Waals surface area (Å²) in [6, 6.07) is 7.80. The number of nitrogens with one attached hydrogen (secondary N) is 1. The van der Waals surface area contributed by atoms with Crippen molar-refractivity contribution in [2.75, 3.05) is 13.3 Å². The number of nitrogens with zero attached hydrogens (tertiary/aromatic N) is 2. The average Bonchev–Trinajstić information content (AvgIpc) is 3.05. The van der Waals surface area contributed by atoms with Gasteiger partial charge in [0.1, 0.15) is 6.54 Å². The standard InChI is InChI=1S/C16H19N3O3/c1-11-7-12(2)19(18-11)9-16(20)17-6-5-13-3-4-14-15(8-13)22-10-21-14/h3-4,7-8H,5-6,9-10H2,1-2H3,(H,17,20). The van der Waals surface area contributed by atoms with Gasteiger partial charge in [0.25, 0.3) is 0 Å². The Balaban J connectivity index is 1.48. The smallest absolute Gasteiger partial charge is 0.241 e. The van der Waals surface area contributed by atoms with Crippen molar-refractivity contribution in [1.29, 1.82) is 0 Å². The number of hydrogen-bond acceptors (Lipinski definition) is 4. The summed E-state index contributed by atoms with van der Waals surface area (Å²) in [5.74, 6) is 1.51. The van der Waals surface area contributed by atoms with E-state index in [1.165, 1.54) is 0 Å². The Bertz CT molecular complexity index is 694. The van der Waals surface area contributed by atoms with Crippen molar-refractivity contribution in [1.82, 2.24) is 15.1 Å². The Hall–Kier alpha value is -2.50. The predicted octanol–water partition coefficient (Wildman–Crippen LogP) is 1.59. The number of ether oxygens (including phenoxy) is 2. The zero-order chi connectivity index (χ0) is 15.5. The maximum absolute atomic E-state index is 11.9. The number of aryl methyl sites for hydroxylation is 2. The van der Waals surface area contributed by atoms with Gasteiger partial charge in [-0.05, 0) is 44.0 Å². The summed E-state index contributed by atoms with van der Waals surface area (Å²) in [5, 5.41) is 7.19. The highest BCUT2D eigenvalue weighted by Gasteiger charge is 2.13. The highest BCUT2D eigenvalue weighted by Crippen LogP contribution is 2.32. The molecule has 0 spiro atoms. The second-order valence-electron chi connectivity index (χ2n) is 5.37. The molecule has 0 radical (unpaired) electrons. The molecule has 0 unspecified atom stereocenters. The topological polar surface area (TPSA) is 65.4 Å². The molecule has 0 aliphatic carbocycles. The van der Waals surface area contributed by atoms with Crippen LogP contribution in [0, 0.1) is 13.8 Å². The van der Waals surface area contributed by atoms with Crippen LogP contribution < -0.4 is 14.8 Å². The molecule has 6 nitrogen and oxygen atoms in total. The Morgan fingerprint density at radius 1 is 1.27 bits per heavy atom. The van der Waals surface area contributed by atoms with Gasteiger partial charge >= 0.3 is 0 Å². The lowest BCUT2D eigenvalue weighted by atomic mass is 10.1. The molecule has 3 rings (SSSR count). The van der Waals surface area contributed by atoms with Gasteiger partial charge in [0.05, 0.1) is 5.69 Å². The Labute approximate surface area is 129 Å². The van der Waals surface area contributed by atoms with Crippen molar-refractivity contribution in [2.45, 2.75) is 26.8 Å². The molecule has 1 aromatic carbocycles. The molecule has 1 aliphatic rings. The summed E-state index contributed by atoms with van der Waals surface area (Å²) in [4.78, 5) is 11.9. The molecule has 0 fully saturated rings. The molecule has 0 saturated carbocycles. The van der Waals surface area contributed by atoms with Gasteiger partial charge in [-0.3, -0.25) is 9.48 Å². The fraction of sp³-hybridized carbons (Fsp3) is 0.375. The first-order chi connectivity index (χ1) is 10.6. The molecule has 22 heavy (non-hydrogen) atoms. The van der Waals surface area contributed by atoms with E-state index in [-0.39, 0.29) is 19.2 Å². The SMILES string of the molecule is Cc1cc(C)n(CC(=O)NCCc2ccc3c(c2)OCO3)n1. The highest BCUT2D eigenvalue weighted by atomic mass is 16.7. The molecule has 0 atom stereocenters. The minimum absolute atomic E-state index is 0.0352. The van der Waals surface area contributed by atoms with Crippen LogP contribution in [0.1, 0.15) is 17.0 Å². The second-order valence-corrected chi connectivity index (χ2v) is 5.37. The molecule has 116 valence electrons.